The molecule has 1 N–H and O–H groups in total. The molecule has 1 aliphatic carbocycles. The van der Waals surface area contributed by atoms with Gasteiger partial charge in [-0.1, -0.05) is 23.8 Å². The highest BCUT2D eigenvalue weighted by molar-refractivity contribution is 5.83. The van der Waals surface area contributed by atoms with E-state index < -0.39 is 0 Å². The summed E-state index contributed by atoms with van der Waals surface area (Å²) in [4.78, 5) is 11.2. The number of carbonyl (C=O) groups is 1. The summed E-state index contributed by atoms with van der Waals surface area (Å²) < 4.78 is 0. The molecule has 2 nitrogen and oxygen atoms in total. The van der Waals surface area contributed by atoms with Crippen molar-refractivity contribution in [3.8, 4) is 0 Å². The van der Waals surface area contributed by atoms with Crippen LogP contribution >= 0.6 is 0 Å². The van der Waals surface area contributed by atoms with Crippen LogP contribution in [-0.2, 0) is 4.79 Å². The minimum atomic E-state index is 0.111. The van der Waals surface area contributed by atoms with Crippen LogP contribution in [0.2, 0.25) is 0 Å². The first-order chi connectivity index (χ1) is 5.27. The Morgan fingerprint density at radius 3 is 3.27 bits per heavy atom. The zero-order valence-electron chi connectivity index (χ0n) is 6.50. The van der Waals surface area contributed by atoms with Crippen molar-refractivity contribution in [2.45, 2.75) is 6.92 Å². The normalized spacial score (nSPS) is 34.6. The van der Waals surface area contributed by atoms with Gasteiger partial charge in [0.2, 0.25) is 5.91 Å². The van der Waals surface area contributed by atoms with Crippen molar-refractivity contribution in [1.29, 1.82) is 0 Å². The van der Waals surface area contributed by atoms with E-state index in [2.05, 4.69) is 17.5 Å². The van der Waals surface area contributed by atoms with Crippen LogP contribution in [0.4, 0.5) is 0 Å². The molecule has 0 aromatic rings. The predicted molar refractivity (Wildman–Crippen MR) is 42.9 cm³/mol. The van der Waals surface area contributed by atoms with Gasteiger partial charge in [0.1, 0.15) is 0 Å². The van der Waals surface area contributed by atoms with Crippen LogP contribution in [0.5, 0.6) is 0 Å². The quantitative estimate of drug-likeness (QED) is 0.544. The summed E-state index contributed by atoms with van der Waals surface area (Å²) >= 11 is 0. The van der Waals surface area contributed by atoms with Gasteiger partial charge in [0.25, 0.3) is 0 Å². The first-order valence-electron chi connectivity index (χ1n) is 3.92. The Balaban J connectivity index is 2.29. The van der Waals surface area contributed by atoms with Gasteiger partial charge >= 0.3 is 0 Å². The maximum atomic E-state index is 11.2. The van der Waals surface area contributed by atoms with Gasteiger partial charge in [-0.25, -0.2) is 0 Å². The smallest absolute Gasteiger partial charge is 0.227 e. The van der Waals surface area contributed by atoms with Crippen LogP contribution in [0, 0.1) is 11.8 Å². The molecule has 1 amide bonds. The lowest BCUT2D eigenvalue weighted by atomic mass is 9.89. The second kappa shape index (κ2) is 2.22. The first-order valence-corrected chi connectivity index (χ1v) is 3.92. The van der Waals surface area contributed by atoms with E-state index in [9.17, 15) is 4.79 Å². The molecule has 0 aromatic heterocycles. The molecule has 0 aromatic carbocycles. The average molecular weight is 149 g/mol. The standard InChI is InChI=1S/C9H11NO/c1-6-2-3-7-5-10-9(11)8(7)4-6/h2-4,7-8H,5H2,1H3,(H,10,11). The molecule has 2 rings (SSSR count). The second-order valence-corrected chi connectivity index (χ2v) is 3.20. The SMILES string of the molecule is CC1=CC2C(=O)NCC2C=C1. The van der Waals surface area contributed by atoms with Gasteiger partial charge in [-0.2, -0.15) is 0 Å². The van der Waals surface area contributed by atoms with E-state index in [-0.39, 0.29) is 11.8 Å². The fraction of sp³-hybridized carbons (Fsp3) is 0.444. The molecule has 58 valence electrons. The minimum absolute atomic E-state index is 0.111. The number of fused-ring (bicyclic) bond motifs is 1. The van der Waals surface area contributed by atoms with Crippen LogP contribution in [0.25, 0.3) is 0 Å². The maximum absolute atomic E-state index is 11.2. The van der Waals surface area contributed by atoms with Gasteiger partial charge in [-0.15, -0.1) is 0 Å². The lowest BCUT2D eigenvalue weighted by Gasteiger charge is -2.13. The Morgan fingerprint density at radius 2 is 2.45 bits per heavy atom. The minimum Gasteiger partial charge on any atom is -0.355 e. The van der Waals surface area contributed by atoms with Crippen LogP contribution in [0.1, 0.15) is 6.92 Å². The van der Waals surface area contributed by atoms with Gasteiger partial charge in [0, 0.05) is 12.5 Å². The Labute approximate surface area is 66.0 Å². The van der Waals surface area contributed by atoms with E-state index in [4.69, 9.17) is 0 Å². The van der Waals surface area contributed by atoms with Gasteiger partial charge in [0.15, 0.2) is 0 Å². The molecule has 1 saturated heterocycles. The molecule has 11 heavy (non-hydrogen) atoms. The number of amides is 1. The van der Waals surface area contributed by atoms with E-state index >= 15 is 0 Å². The number of allylic oxidation sites excluding steroid dienone is 2. The van der Waals surface area contributed by atoms with Crippen molar-refractivity contribution in [3.05, 3.63) is 23.8 Å². The number of nitrogens with one attached hydrogen (secondary N) is 1. The third-order valence-electron chi connectivity index (χ3n) is 2.32. The van der Waals surface area contributed by atoms with Crippen LogP contribution in [-0.4, -0.2) is 12.5 Å². The molecule has 0 spiro atoms. The van der Waals surface area contributed by atoms with Crippen LogP contribution < -0.4 is 5.32 Å². The first kappa shape index (κ1) is 6.65. The van der Waals surface area contributed by atoms with Gasteiger partial charge in [0.05, 0.1) is 5.92 Å². The topological polar surface area (TPSA) is 29.1 Å². The average Bonchev–Trinajstić information content (AvgIpc) is 2.33. The summed E-state index contributed by atoms with van der Waals surface area (Å²) in [7, 11) is 0. The molecule has 1 heterocycles. The number of hydrogen-bond donors (Lipinski definition) is 1. The molecular formula is C9H11NO. The highest BCUT2D eigenvalue weighted by Gasteiger charge is 2.32. The van der Waals surface area contributed by atoms with E-state index in [1.807, 2.05) is 13.0 Å². The summed E-state index contributed by atoms with van der Waals surface area (Å²) in [6.45, 7) is 2.84. The third-order valence-corrected chi connectivity index (χ3v) is 2.32. The summed E-state index contributed by atoms with van der Waals surface area (Å²) in [5.41, 5.74) is 1.20. The molecule has 2 aliphatic rings. The van der Waals surface area contributed by atoms with Crippen LogP contribution in [0.3, 0.4) is 0 Å². The van der Waals surface area contributed by atoms with E-state index in [0.717, 1.165) is 6.54 Å². The Bertz CT molecular complexity index is 252. The highest BCUT2D eigenvalue weighted by Crippen LogP contribution is 2.26. The summed E-state index contributed by atoms with van der Waals surface area (Å²) in [5.74, 6) is 0.699. The molecule has 0 radical (unpaired) electrons. The van der Waals surface area contributed by atoms with Gasteiger partial charge in [-0.3, -0.25) is 4.79 Å². The Morgan fingerprint density at radius 1 is 1.64 bits per heavy atom. The van der Waals surface area contributed by atoms with Crippen molar-refractivity contribution < 1.29 is 4.79 Å². The largest absolute Gasteiger partial charge is 0.355 e. The fourth-order valence-electron chi connectivity index (χ4n) is 1.66. The number of hydrogen-bond acceptors (Lipinski definition) is 1. The number of rotatable bonds is 0. The van der Waals surface area contributed by atoms with E-state index in [1.54, 1.807) is 0 Å². The van der Waals surface area contributed by atoms with Crippen molar-refractivity contribution >= 4 is 5.91 Å². The van der Waals surface area contributed by atoms with E-state index in [1.165, 1.54) is 5.57 Å². The summed E-state index contributed by atoms with van der Waals surface area (Å²) in [6, 6.07) is 0. The monoisotopic (exact) mass is 149 g/mol. The maximum Gasteiger partial charge on any atom is 0.227 e. The van der Waals surface area contributed by atoms with Crippen molar-refractivity contribution in [2.24, 2.45) is 11.8 Å². The molecule has 0 saturated carbocycles. The predicted octanol–water partition coefficient (Wildman–Crippen LogP) is 0.865. The van der Waals surface area contributed by atoms with Crippen LogP contribution in [0.15, 0.2) is 23.8 Å². The van der Waals surface area contributed by atoms with Gasteiger partial charge < -0.3 is 5.32 Å². The zero-order valence-corrected chi connectivity index (χ0v) is 6.50. The molecule has 1 fully saturated rings. The Hall–Kier alpha value is -1.05. The fourth-order valence-corrected chi connectivity index (χ4v) is 1.66. The lowest BCUT2D eigenvalue weighted by Crippen LogP contribution is -2.18. The lowest BCUT2D eigenvalue weighted by molar-refractivity contribution is -0.121. The van der Waals surface area contributed by atoms with Crippen molar-refractivity contribution in [1.82, 2.24) is 5.32 Å². The Kier molecular flexibility index (Phi) is 1.34. The van der Waals surface area contributed by atoms with Crippen molar-refractivity contribution in [3.63, 3.8) is 0 Å². The zero-order chi connectivity index (χ0) is 7.84. The molecule has 0 bridgehead atoms. The summed E-state index contributed by atoms with van der Waals surface area (Å²) in [6.07, 6.45) is 6.26. The van der Waals surface area contributed by atoms with Gasteiger partial charge in [-0.05, 0) is 6.92 Å². The second-order valence-electron chi connectivity index (χ2n) is 3.20. The van der Waals surface area contributed by atoms with Crippen molar-refractivity contribution in [2.75, 3.05) is 6.54 Å². The molecule has 2 atom stereocenters. The molecule has 1 aliphatic heterocycles. The van der Waals surface area contributed by atoms with E-state index in [0.29, 0.717) is 5.92 Å². The molecule has 2 heteroatoms. The number of carbonyl (C=O) groups excluding carboxylic acids is 1. The third kappa shape index (κ3) is 0.985. The highest BCUT2D eigenvalue weighted by atomic mass is 16.2. The molecular weight excluding hydrogens is 138 g/mol. The summed E-state index contributed by atoms with van der Waals surface area (Å²) in [5, 5.41) is 2.85. The molecule has 2 unspecified atom stereocenters.